The Bertz CT molecular complexity index is 700. The number of hydrogen-bond acceptors (Lipinski definition) is 6. The van der Waals surface area contributed by atoms with E-state index in [4.69, 9.17) is 11.6 Å². The van der Waals surface area contributed by atoms with Crippen molar-refractivity contribution in [1.29, 1.82) is 0 Å². The third kappa shape index (κ3) is 2.10. The maximum Gasteiger partial charge on any atom is 0.245 e. The van der Waals surface area contributed by atoms with Gasteiger partial charge in [-0.15, -0.1) is 0 Å². The highest BCUT2D eigenvalue weighted by molar-refractivity contribution is 6.32. The number of fused-ring (bicyclic) bond motifs is 1. The van der Waals surface area contributed by atoms with Crippen LogP contribution in [0.15, 0.2) is 35.0 Å². The molecule has 2 aromatic heterocycles. The molecular formula is C12H10ClN5O. The van der Waals surface area contributed by atoms with Crippen molar-refractivity contribution < 1.29 is 4.63 Å². The summed E-state index contributed by atoms with van der Waals surface area (Å²) in [7, 11) is 0. The fraction of sp³-hybridized carbons (Fsp3) is 0.167. The Kier molecular flexibility index (Phi) is 3.00. The molecule has 96 valence electrons. The van der Waals surface area contributed by atoms with Crippen LogP contribution in [-0.2, 0) is 0 Å². The molecule has 0 aliphatic carbocycles. The quantitative estimate of drug-likeness (QED) is 0.732. The van der Waals surface area contributed by atoms with Crippen molar-refractivity contribution in [2.75, 3.05) is 11.4 Å². The average molecular weight is 276 g/mol. The van der Waals surface area contributed by atoms with Gasteiger partial charge in [0.2, 0.25) is 11.3 Å². The molecule has 0 aliphatic rings. The zero-order valence-corrected chi connectivity index (χ0v) is 10.9. The molecule has 3 aromatic rings. The van der Waals surface area contributed by atoms with Gasteiger partial charge in [0.1, 0.15) is 0 Å². The summed E-state index contributed by atoms with van der Waals surface area (Å²) >= 11 is 6.16. The zero-order valence-electron chi connectivity index (χ0n) is 10.1. The Morgan fingerprint density at radius 2 is 1.79 bits per heavy atom. The summed E-state index contributed by atoms with van der Waals surface area (Å²) in [6.45, 7) is 2.71. The van der Waals surface area contributed by atoms with Crippen molar-refractivity contribution in [3.63, 3.8) is 0 Å². The lowest BCUT2D eigenvalue weighted by Gasteiger charge is -2.22. The molecule has 1 aromatic carbocycles. The van der Waals surface area contributed by atoms with Gasteiger partial charge in [-0.25, -0.2) is 14.6 Å². The molecular weight excluding hydrogens is 266 g/mol. The summed E-state index contributed by atoms with van der Waals surface area (Å²) in [5, 5.41) is 7.57. The highest BCUT2D eigenvalue weighted by atomic mass is 35.5. The van der Waals surface area contributed by atoms with Gasteiger partial charge >= 0.3 is 0 Å². The van der Waals surface area contributed by atoms with E-state index in [9.17, 15) is 0 Å². The number of nitrogens with zero attached hydrogens (tertiary/aromatic N) is 5. The Morgan fingerprint density at radius 3 is 2.47 bits per heavy atom. The summed E-state index contributed by atoms with van der Waals surface area (Å²) in [5.74, 6) is 0.540. The number of anilines is 2. The van der Waals surface area contributed by atoms with Gasteiger partial charge in [-0.3, -0.25) is 0 Å². The highest BCUT2D eigenvalue weighted by Gasteiger charge is 2.17. The Morgan fingerprint density at radius 1 is 1.11 bits per heavy atom. The van der Waals surface area contributed by atoms with E-state index >= 15 is 0 Å². The molecule has 0 N–H and O–H groups in total. The molecule has 0 fully saturated rings. The molecule has 0 unspecified atom stereocenters. The van der Waals surface area contributed by atoms with E-state index in [2.05, 4.69) is 24.9 Å². The van der Waals surface area contributed by atoms with Crippen LogP contribution in [0.2, 0.25) is 5.15 Å². The first-order valence-electron chi connectivity index (χ1n) is 5.78. The maximum atomic E-state index is 6.16. The Balaban J connectivity index is 2.13. The second-order valence-electron chi connectivity index (χ2n) is 3.83. The molecule has 6 nitrogen and oxygen atoms in total. The lowest BCUT2D eigenvalue weighted by atomic mass is 10.3. The number of aromatic nitrogens is 4. The molecule has 0 amide bonds. The summed E-state index contributed by atoms with van der Waals surface area (Å²) in [4.78, 5) is 10.4. The lowest BCUT2D eigenvalue weighted by Crippen LogP contribution is -2.18. The molecule has 7 heteroatoms. The Labute approximate surface area is 114 Å². The van der Waals surface area contributed by atoms with E-state index in [1.807, 2.05) is 42.2 Å². The smallest absolute Gasteiger partial charge is 0.245 e. The molecule has 0 saturated heterocycles. The molecule has 0 aliphatic heterocycles. The van der Waals surface area contributed by atoms with Crippen molar-refractivity contribution in [3.8, 4) is 0 Å². The topological polar surface area (TPSA) is 67.9 Å². The SMILES string of the molecule is CCN(c1ccccc1)c1nc2nonc2nc1Cl. The van der Waals surface area contributed by atoms with Gasteiger partial charge in [0, 0.05) is 12.2 Å². The van der Waals surface area contributed by atoms with Crippen molar-refractivity contribution >= 4 is 34.4 Å². The first-order valence-corrected chi connectivity index (χ1v) is 6.15. The molecule has 0 radical (unpaired) electrons. The van der Waals surface area contributed by atoms with Gasteiger partial charge in [-0.2, -0.15) is 0 Å². The molecule has 0 bridgehead atoms. The maximum absolute atomic E-state index is 6.16. The van der Waals surface area contributed by atoms with Gasteiger partial charge in [-0.1, -0.05) is 29.8 Å². The molecule has 2 heterocycles. The molecule has 0 spiro atoms. The average Bonchev–Trinajstić information content (AvgIpc) is 2.88. The normalized spacial score (nSPS) is 10.8. The van der Waals surface area contributed by atoms with E-state index in [0.717, 1.165) is 5.69 Å². The predicted molar refractivity (Wildman–Crippen MR) is 71.5 cm³/mol. The third-order valence-corrected chi connectivity index (χ3v) is 2.95. The predicted octanol–water partition coefficient (Wildman–Crippen LogP) is 2.82. The number of hydrogen-bond donors (Lipinski definition) is 0. The Hall–Kier alpha value is -2.21. The van der Waals surface area contributed by atoms with Gasteiger partial charge in [0.15, 0.2) is 11.0 Å². The summed E-state index contributed by atoms with van der Waals surface area (Å²) in [6.07, 6.45) is 0. The zero-order chi connectivity index (χ0) is 13.2. The fourth-order valence-corrected chi connectivity index (χ4v) is 2.07. The second kappa shape index (κ2) is 4.81. The molecule has 0 saturated carbocycles. The van der Waals surface area contributed by atoms with Crippen LogP contribution in [-0.4, -0.2) is 26.8 Å². The first-order chi connectivity index (χ1) is 9.29. The van der Waals surface area contributed by atoms with E-state index in [0.29, 0.717) is 23.7 Å². The second-order valence-corrected chi connectivity index (χ2v) is 4.19. The van der Waals surface area contributed by atoms with Crippen LogP contribution >= 0.6 is 11.6 Å². The summed E-state index contributed by atoms with van der Waals surface area (Å²) in [6, 6.07) is 9.82. The first kappa shape index (κ1) is 11.9. The number of para-hydroxylation sites is 1. The summed E-state index contributed by atoms with van der Waals surface area (Å²) < 4.78 is 4.59. The molecule has 19 heavy (non-hydrogen) atoms. The number of rotatable bonds is 3. The standard InChI is InChI=1S/C12H10ClN5O/c1-2-18(8-6-4-3-5-7-8)12-9(13)14-10-11(15-12)17-19-16-10/h3-7H,2H2,1H3. The molecule has 3 rings (SSSR count). The number of benzene rings is 1. The summed E-state index contributed by atoms with van der Waals surface area (Å²) in [5.41, 5.74) is 1.63. The van der Waals surface area contributed by atoms with Crippen LogP contribution in [0.5, 0.6) is 0 Å². The largest absolute Gasteiger partial charge is 0.324 e. The van der Waals surface area contributed by atoms with E-state index in [1.54, 1.807) is 0 Å². The highest BCUT2D eigenvalue weighted by Crippen LogP contribution is 2.29. The van der Waals surface area contributed by atoms with Crippen molar-refractivity contribution in [2.45, 2.75) is 6.92 Å². The van der Waals surface area contributed by atoms with E-state index in [-0.39, 0.29) is 5.15 Å². The van der Waals surface area contributed by atoms with Crippen LogP contribution in [0.1, 0.15) is 6.92 Å². The lowest BCUT2D eigenvalue weighted by molar-refractivity contribution is 0.314. The van der Waals surface area contributed by atoms with Gasteiger partial charge in [0.05, 0.1) is 0 Å². The van der Waals surface area contributed by atoms with Crippen molar-refractivity contribution in [3.05, 3.63) is 35.5 Å². The van der Waals surface area contributed by atoms with E-state index in [1.165, 1.54) is 0 Å². The third-order valence-electron chi connectivity index (χ3n) is 2.69. The van der Waals surface area contributed by atoms with Crippen molar-refractivity contribution in [2.24, 2.45) is 0 Å². The van der Waals surface area contributed by atoms with Crippen LogP contribution < -0.4 is 4.90 Å². The monoisotopic (exact) mass is 275 g/mol. The van der Waals surface area contributed by atoms with Crippen LogP contribution in [0.25, 0.3) is 11.3 Å². The minimum absolute atomic E-state index is 0.272. The van der Waals surface area contributed by atoms with Crippen LogP contribution in [0.3, 0.4) is 0 Å². The number of halogens is 1. The minimum atomic E-state index is 0.272. The van der Waals surface area contributed by atoms with Gasteiger partial charge in [-0.05, 0) is 29.4 Å². The minimum Gasteiger partial charge on any atom is -0.324 e. The van der Waals surface area contributed by atoms with Crippen LogP contribution in [0, 0.1) is 0 Å². The fourth-order valence-electron chi connectivity index (χ4n) is 1.84. The van der Waals surface area contributed by atoms with Gasteiger partial charge in [0.25, 0.3) is 0 Å². The molecule has 0 atom stereocenters. The van der Waals surface area contributed by atoms with Crippen molar-refractivity contribution in [1.82, 2.24) is 20.3 Å². The van der Waals surface area contributed by atoms with E-state index < -0.39 is 0 Å². The van der Waals surface area contributed by atoms with Gasteiger partial charge < -0.3 is 4.90 Å². The van der Waals surface area contributed by atoms with Crippen LogP contribution in [0.4, 0.5) is 11.5 Å².